The van der Waals surface area contributed by atoms with E-state index in [1.165, 1.54) is 86.2 Å². The fraction of sp³-hybridized carbons (Fsp3) is 0.273. The van der Waals surface area contributed by atoms with Crippen LogP contribution in [0.1, 0.15) is 63.5 Å². The number of unbranched alkanes of at least 4 members (excludes halogenated alkanes) is 2. The van der Waals surface area contributed by atoms with Crippen LogP contribution in [0.3, 0.4) is 0 Å². The molecule has 35 heavy (non-hydrogen) atoms. The van der Waals surface area contributed by atoms with Gasteiger partial charge in [0.15, 0.2) is 0 Å². The van der Waals surface area contributed by atoms with E-state index in [4.69, 9.17) is 0 Å². The Morgan fingerprint density at radius 1 is 0.686 bits per heavy atom. The number of hydrogen-bond donors (Lipinski definition) is 1. The van der Waals surface area contributed by atoms with Crippen molar-refractivity contribution in [3.05, 3.63) is 93.6 Å². The molecule has 0 bridgehead atoms. The fourth-order valence-corrected chi connectivity index (χ4v) is 6.86. The molecule has 0 radical (unpaired) electrons. The van der Waals surface area contributed by atoms with E-state index < -0.39 is 0 Å². The number of fused-ring (bicyclic) bond motifs is 6. The van der Waals surface area contributed by atoms with Crippen molar-refractivity contribution in [2.24, 2.45) is 0 Å². The summed E-state index contributed by atoms with van der Waals surface area (Å²) in [5.41, 5.74) is 11.2. The van der Waals surface area contributed by atoms with Gasteiger partial charge in [0.25, 0.3) is 0 Å². The van der Waals surface area contributed by atoms with Crippen LogP contribution in [0.4, 0.5) is 0 Å². The van der Waals surface area contributed by atoms with E-state index in [0.717, 1.165) is 0 Å². The van der Waals surface area contributed by atoms with E-state index in [-0.39, 0.29) is 5.41 Å². The Balaban J connectivity index is 1.58. The molecule has 0 amide bonds. The SMILES string of the molecule is CCCCC1(CCCC)c2cc(I)ccc2-c2ccc(-c3cccc4c3[nH]c3ccccc34)cc21. The number of H-pyrrole nitrogens is 1. The summed E-state index contributed by atoms with van der Waals surface area (Å²) in [4.78, 5) is 3.73. The van der Waals surface area contributed by atoms with Crippen molar-refractivity contribution in [2.45, 2.75) is 57.8 Å². The van der Waals surface area contributed by atoms with Gasteiger partial charge in [0.05, 0.1) is 5.52 Å². The smallest absolute Gasteiger partial charge is 0.0544 e. The van der Waals surface area contributed by atoms with Gasteiger partial charge in [-0.15, -0.1) is 0 Å². The van der Waals surface area contributed by atoms with Gasteiger partial charge in [0, 0.05) is 30.8 Å². The summed E-state index contributed by atoms with van der Waals surface area (Å²) < 4.78 is 1.34. The van der Waals surface area contributed by atoms with Crippen LogP contribution in [0.5, 0.6) is 0 Å². The van der Waals surface area contributed by atoms with Crippen LogP contribution in [-0.2, 0) is 5.41 Å². The average molecular weight is 570 g/mol. The first-order chi connectivity index (χ1) is 17.2. The highest BCUT2D eigenvalue weighted by Crippen LogP contribution is 2.55. The zero-order chi connectivity index (χ0) is 24.0. The maximum absolute atomic E-state index is 3.73. The third-order valence-electron chi connectivity index (χ3n) is 8.09. The van der Waals surface area contributed by atoms with Crippen LogP contribution in [0.25, 0.3) is 44.1 Å². The normalized spacial score (nSPS) is 13.9. The molecule has 0 aliphatic heterocycles. The number of benzene rings is 4. The minimum atomic E-state index is 0.113. The van der Waals surface area contributed by atoms with E-state index in [0.29, 0.717) is 0 Å². The van der Waals surface area contributed by atoms with Gasteiger partial charge in [-0.3, -0.25) is 0 Å². The number of hydrogen-bond acceptors (Lipinski definition) is 0. The van der Waals surface area contributed by atoms with Gasteiger partial charge in [0.1, 0.15) is 0 Å². The van der Waals surface area contributed by atoms with Crippen LogP contribution >= 0.6 is 22.6 Å². The van der Waals surface area contributed by atoms with E-state index in [9.17, 15) is 0 Å². The lowest BCUT2D eigenvalue weighted by molar-refractivity contribution is 0.414. The summed E-state index contributed by atoms with van der Waals surface area (Å²) in [6.07, 6.45) is 7.44. The lowest BCUT2D eigenvalue weighted by atomic mass is 9.70. The molecule has 1 aliphatic rings. The largest absolute Gasteiger partial charge is 0.354 e. The number of rotatable bonds is 7. The molecule has 0 fully saturated rings. The van der Waals surface area contributed by atoms with Crippen molar-refractivity contribution in [2.75, 3.05) is 0 Å². The van der Waals surface area contributed by atoms with Gasteiger partial charge in [-0.2, -0.15) is 0 Å². The van der Waals surface area contributed by atoms with Gasteiger partial charge < -0.3 is 4.98 Å². The van der Waals surface area contributed by atoms with Gasteiger partial charge in [0.2, 0.25) is 0 Å². The molecule has 2 heteroatoms. The highest BCUT2D eigenvalue weighted by Gasteiger charge is 2.42. The molecule has 5 aromatic rings. The Labute approximate surface area is 222 Å². The Kier molecular flexibility index (Phi) is 5.96. The molecule has 1 aliphatic carbocycles. The van der Waals surface area contributed by atoms with Gasteiger partial charge >= 0.3 is 0 Å². The van der Waals surface area contributed by atoms with E-state index in [1.54, 1.807) is 11.1 Å². The fourth-order valence-electron chi connectivity index (χ4n) is 6.37. The lowest BCUT2D eigenvalue weighted by Crippen LogP contribution is -2.25. The standard InChI is InChI=1S/C33H32IN/c1-3-5-18-33(19-6-4-2)29-20-22(14-16-25(29)26-17-15-23(34)21-30(26)33)24-11-9-12-28-27-10-7-8-13-31(27)35-32(24)28/h7-17,20-21,35H,3-6,18-19H2,1-2H3. The van der Waals surface area contributed by atoms with Gasteiger partial charge in [-0.1, -0.05) is 94.1 Å². The lowest BCUT2D eigenvalue weighted by Gasteiger charge is -2.33. The molecule has 0 unspecified atom stereocenters. The second-order valence-electron chi connectivity index (χ2n) is 10.1. The monoisotopic (exact) mass is 569 g/mol. The first-order valence-electron chi connectivity index (χ1n) is 13.1. The van der Waals surface area contributed by atoms with Crippen molar-refractivity contribution in [3.8, 4) is 22.3 Å². The van der Waals surface area contributed by atoms with Crippen molar-refractivity contribution >= 4 is 44.4 Å². The summed E-state index contributed by atoms with van der Waals surface area (Å²) in [7, 11) is 0. The minimum Gasteiger partial charge on any atom is -0.354 e. The number of nitrogens with one attached hydrogen (secondary N) is 1. The highest BCUT2D eigenvalue weighted by molar-refractivity contribution is 14.1. The zero-order valence-corrected chi connectivity index (χ0v) is 22.8. The second kappa shape index (κ2) is 9.13. The molecule has 6 rings (SSSR count). The molecule has 4 aromatic carbocycles. The third kappa shape index (κ3) is 3.64. The molecular weight excluding hydrogens is 537 g/mol. The van der Waals surface area contributed by atoms with E-state index in [1.807, 2.05) is 0 Å². The quantitative estimate of drug-likeness (QED) is 0.188. The summed E-state index contributed by atoms with van der Waals surface area (Å²) in [5, 5.41) is 2.60. The molecule has 0 atom stereocenters. The Morgan fingerprint density at radius 3 is 2.14 bits per heavy atom. The number of aromatic nitrogens is 1. The molecule has 0 spiro atoms. The molecular formula is C33H32IN. The summed E-state index contributed by atoms with van der Waals surface area (Å²) in [6, 6.07) is 29.8. The van der Waals surface area contributed by atoms with Crippen molar-refractivity contribution in [1.82, 2.24) is 4.98 Å². The summed E-state index contributed by atoms with van der Waals surface area (Å²) in [5.74, 6) is 0. The molecule has 0 saturated carbocycles. The Bertz CT molecular complexity index is 1530. The van der Waals surface area contributed by atoms with Crippen molar-refractivity contribution in [1.29, 1.82) is 0 Å². The predicted molar refractivity (Wildman–Crippen MR) is 159 cm³/mol. The number of aromatic amines is 1. The Morgan fingerprint density at radius 2 is 1.37 bits per heavy atom. The van der Waals surface area contributed by atoms with Crippen molar-refractivity contribution < 1.29 is 0 Å². The zero-order valence-electron chi connectivity index (χ0n) is 20.6. The molecule has 1 aromatic heterocycles. The van der Waals surface area contributed by atoms with Crippen LogP contribution in [-0.4, -0.2) is 4.98 Å². The van der Waals surface area contributed by atoms with E-state index in [2.05, 4.69) is 120 Å². The van der Waals surface area contributed by atoms with Crippen LogP contribution in [0.2, 0.25) is 0 Å². The summed E-state index contributed by atoms with van der Waals surface area (Å²) >= 11 is 2.49. The number of halogens is 1. The van der Waals surface area contributed by atoms with Gasteiger partial charge in [-0.05, 0) is 87.5 Å². The molecule has 176 valence electrons. The third-order valence-corrected chi connectivity index (χ3v) is 8.76. The van der Waals surface area contributed by atoms with Crippen LogP contribution < -0.4 is 0 Å². The first-order valence-corrected chi connectivity index (χ1v) is 14.2. The summed E-state index contributed by atoms with van der Waals surface area (Å²) in [6.45, 7) is 4.65. The van der Waals surface area contributed by atoms with Crippen LogP contribution in [0.15, 0.2) is 78.9 Å². The average Bonchev–Trinajstić information content (AvgIpc) is 3.39. The Hall–Kier alpha value is -2.59. The van der Waals surface area contributed by atoms with Crippen molar-refractivity contribution in [3.63, 3.8) is 0 Å². The van der Waals surface area contributed by atoms with Crippen LogP contribution in [0, 0.1) is 3.57 Å². The highest BCUT2D eigenvalue weighted by atomic mass is 127. The maximum atomic E-state index is 3.73. The second-order valence-corrected chi connectivity index (χ2v) is 11.4. The topological polar surface area (TPSA) is 15.8 Å². The van der Waals surface area contributed by atoms with E-state index >= 15 is 0 Å². The molecule has 0 saturated heterocycles. The molecule has 1 nitrogen and oxygen atoms in total. The minimum absolute atomic E-state index is 0.113. The predicted octanol–water partition coefficient (Wildman–Crippen LogP) is 10.2. The number of para-hydroxylation sites is 2. The molecule has 1 heterocycles. The van der Waals surface area contributed by atoms with Gasteiger partial charge in [-0.25, -0.2) is 0 Å². The molecule has 1 N–H and O–H groups in total. The maximum Gasteiger partial charge on any atom is 0.0544 e. The first kappa shape index (κ1) is 22.8.